The highest BCUT2D eigenvalue weighted by Crippen LogP contribution is 2.17. The lowest BCUT2D eigenvalue weighted by atomic mass is 10.2. The molecule has 0 saturated heterocycles. The Morgan fingerprint density at radius 1 is 1.14 bits per heavy atom. The molecule has 6 heteroatoms. The molecular weight excluding hydrogens is 284 g/mol. The summed E-state index contributed by atoms with van der Waals surface area (Å²) in [6, 6.07) is 7.09. The minimum Gasteiger partial charge on any atom is -0.491 e. The topological polar surface area (TPSA) is 82.8 Å². The average Bonchev–Trinajstić information content (AvgIpc) is 2.42. The van der Waals surface area contributed by atoms with Crippen molar-refractivity contribution >= 4 is 11.8 Å². The number of rotatable bonds is 8. The van der Waals surface area contributed by atoms with Crippen LogP contribution >= 0.6 is 0 Å². The molecule has 124 valence electrons. The standard InChI is InChI=1S/C16H26N2O4/c1-16(2,3)22-15(19)18-13-5-7-14(8-6-13)21-12-11-20-10-4-9-17/h5-8H,4,9-12,17H2,1-3H3,(H,18,19). The van der Waals surface area contributed by atoms with Gasteiger partial charge in [-0.2, -0.15) is 0 Å². The molecular formula is C16H26N2O4. The van der Waals surface area contributed by atoms with E-state index in [0.29, 0.717) is 32.1 Å². The number of benzene rings is 1. The monoisotopic (exact) mass is 310 g/mol. The Morgan fingerprint density at radius 3 is 2.41 bits per heavy atom. The molecule has 22 heavy (non-hydrogen) atoms. The van der Waals surface area contributed by atoms with Crippen LogP contribution in [-0.4, -0.2) is 38.1 Å². The molecule has 0 bridgehead atoms. The molecule has 0 saturated carbocycles. The van der Waals surface area contributed by atoms with E-state index in [1.54, 1.807) is 24.3 Å². The predicted molar refractivity (Wildman–Crippen MR) is 86.3 cm³/mol. The fraction of sp³-hybridized carbons (Fsp3) is 0.562. The lowest BCUT2D eigenvalue weighted by molar-refractivity contribution is 0.0636. The summed E-state index contributed by atoms with van der Waals surface area (Å²) in [5.41, 5.74) is 5.50. The fourth-order valence-corrected chi connectivity index (χ4v) is 1.56. The quantitative estimate of drug-likeness (QED) is 0.721. The molecule has 0 spiro atoms. The van der Waals surface area contributed by atoms with E-state index in [9.17, 15) is 4.79 Å². The summed E-state index contributed by atoms with van der Waals surface area (Å²) < 4.78 is 16.0. The van der Waals surface area contributed by atoms with Crippen LogP contribution in [-0.2, 0) is 9.47 Å². The number of carbonyl (C=O) groups excluding carboxylic acids is 1. The maximum absolute atomic E-state index is 11.6. The summed E-state index contributed by atoms with van der Waals surface area (Å²) in [7, 11) is 0. The predicted octanol–water partition coefficient (Wildman–Crippen LogP) is 2.78. The third kappa shape index (κ3) is 8.49. The first kappa shape index (κ1) is 18.3. The molecule has 3 N–H and O–H groups in total. The van der Waals surface area contributed by atoms with Gasteiger partial charge in [0.2, 0.25) is 0 Å². The second-order valence-corrected chi connectivity index (χ2v) is 5.75. The Hall–Kier alpha value is -1.79. The Kier molecular flexibility index (Phi) is 7.70. The minimum atomic E-state index is -0.517. The zero-order valence-electron chi connectivity index (χ0n) is 13.6. The van der Waals surface area contributed by atoms with Gasteiger partial charge in [0.1, 0.15) is 18.0 Å². The fourth-order valence-electron chi connectivity index (χ4n) is 1.56. The van der Waals surface area contributed by atoms with Gasteiger partial charge in [-0.15, -0.1) is 0 Å². The Morgan fingerprint density at radius 2 is 1.82 bits per heavy atom. The van der Waals surface area contributed by atoms with Gasteiger partial charge in [0, 0.05) is 12.3 Å². The minimum absolute atomic E-state index is 0.476. The van der Waals surface area contributed by atoms with Crippen molar-refractivity contribution in [3.05, 3.63) is 24.3 Å². The largest absolute Gasteiger partial charge is 0.491 e. The molecule has 0 radical (unpaired) electrons. The van der Waals surface area contributed by atoms with E-state index in [0.717, 1.165) is 12.2 Å². The Bertz CT molecular complexity index is 440. The molecule has 1 rings (SSSR count). The molecule has 1 aromatic rings. The molecule has 0 aliphatic heterocycles. The normalized spacial score (nSPS) is 11.1. The van der Waals surface area contributed by atoms with Gasteiger partial charge >= 0.3 is 6.09 Å². The van der Waals surface area contributed by atoms with Crippen molar-refractivity contribution in [2.24, 2.45) is 5.73 Å². The second kappa shape index (κ2) is 9.27. The molecule has 0 aromatic heterocycles. The molecule has 6 nitrogen and oxygen atoms in total. The van der Waals surface area contributed by atoms with Gasteiger partial charge in [-0.1, -0.05) is 0 Å². The van der Waals surface area contributed by atoms with Crippen molar-refractivity contribution in [1.29, 1.82) is 0 Å². The van der Waals surface area contributed by atoms with Crippen molar-refractivity contribution in [3.63, 3.8) is 0 Å². The lowest BCUT2D eigenvalue weighted by Crippen LogP contribution is -2.27. The average molecular weight is 310 g/mol. The van der Waals surface area contributed by atoms with Gasteiger partial charge in [0.05, 0.1) is 6.61 Å². The second-order valence-electron chi connectivity index (χ2n) is 5.75. The molecule has 0 atom stereocenters. The van der Waals surface area contributed by atoms with E-state index < -0.39 is 11.7 Å². The van der Waals surface area contributed by atoms with Crippen molar-refractivity contribution < 1.29 is 19.0 Å². The van der Waals surface area contributed by atoms with E-state index >= 15 is 0 Å². The van der Waals surface area contributed by atoms with Gasteiger partial charge < -0.3 is 19.9 Å². The van der Waals surface area contributed by atoms with Crippen molar-refractivity contribution in [3.8, 4) is 5.75 Å². The Balaban J connectivity index is 2.29. The third-order valence-corrected chi connectivity index (χ3v) is 2.49. The van der Waals surface area contributed by atoms with Gasteiger partial charge in [0.15, 0.2) is 0 Å². The summed E-state index contributed by atoms with van der Waals surface area (Å²) in [6.45, 7) is 7.74. The lowest BCUT2D eigenvalue weighted by Gasteiger charge is -2.19. The van der Waals surface area contributed by atoms with Crippen LogP contribution in [0.25, 0.3) is 0 Å². The van der Waals surface area contributed by atoms with E-state index in [1.165, 1.54) is 0 Å². The van der Waals surface area contributed by atoms with Crippen LogP contribution in [0.3, 0.4) is 0 Å². The van der Waals surface area contributed by atoms with Crippen LogP contribution in [0, 0.1) is 0 Å². The zero-order chi connectivity index (χ0) is 16.4. The highest BCUT2D eigenvalue weighted by atomic mass is 16.6. The first-order valence-electron chi connectivity index (χ1n) is 7.41. The summed E-state index contributed by atoms with van der Waals surface area (Å²) in [5.74, 6) is 0.720. The molecule has 0 heterocycles. The van der Waals surface area contributed by atoms with Crippen LogP contribution in [0.15, 0.2) is 24.3 Å². The van der Waals surface area contributed by atoms with Crippen LogP contribution in [0.1, 0.15) is 27.2 Å². The van der Waals surface area contributed by atoms with Crippen LogP contribution in [0.4, 0.5) is 10.5 Å². The molecule has 1 amide bonds. The number of anilines is 1. The highest BCUT2D eigenvalue weighted by Gasteiger charge is 2.16. The summed E-state index contributed by atoms with van der Waals surface area (Å²) in [5, 5.41) is 2.66. The number of ether oxygens (including phenoxy) is 3. The van der Waals surface area contributed by atoms with Crippen LogP contribution < -0.4 is 15.8 Å². The molecule has 1 aromatic carbocycles. The van der Waals surface area contributed by atoms with Gasteiger partial charge in [-0.25, -0.2) is 4.79 Å². The smallest absolute Gasteiger partial charge is 0.412 e. The number of carbonyl (C=O) groups is 1. The first-order chi connectivity index (χ1) is 10.4. The van der Waals surface area contributed by atoms with E-state index in [2.05, 4.69) is 5.32 Å². The molecule has 0 aliphatic carbocycles. The van der Waals surface area contributed by atoms with Gasteiger partial charge in [0.25, 0.3) is 0 Å². The zero-order valence-corrected chi connectivity index (χ0v) is 13.6. The van der Waals surface area contributed by atoms with E-state index in [1.807, 2.05) is 20.8 Å². The summed E-state index contributed by atoms with van der Waals surface area (Å²) >= 11 is 0. The van der Waals surface area contributed by atoms with Crippen LogP contribution in [0.5, 0.6) is 5.75 Å². The molecule has 0 fully saturated rings. The molecule has 0 aliphatic rings. The van der Waals surface area contributed by atoms with Crippen molar-refractivity contribution in [2.75, 3.05) is 31.7 Å². The first-order valence-corrected chi connectivity index (χ1v) is 7.41. The maximum atomic E-state index is 11.6. The number of amides is 1. The van der Waals surface area contributed by atoms with Gasteiger partial charge in [-0.3, -0.25) is 5.32 Å². The number of nitrogens with two attached hydrogens (primary N) is 1. The third-order valence-electron chi connectivity index (χ3n) is 2.49. The van der Waals surface area contributed by atoms with Crippen molar-refractivity contribution in [1.82, 2.24) is 0 Å². The molecule has 0 unspecified atom stereocenters. The number of hydrogen-bond donors (Lipinski definition) is 2. The van der Waals surface area contributed by atoms with E-state index in [-0.39, 0.29) is 0 Å². The van der Waals surface area contributed by atoms with Crippen LogP contribution in [0.2, 0.25) is 0 Å². The SMILES string of the molecule is CC(C)(C)OC(=O)Nc1ccc(OCCOCCCN)cc1. The Labute approximate surface area is 131 Å². The highest BCUT2D eigenvalue weighted by molar-refractivity contribution is 5.84. The van der Waals surface area contributed by atoms with Crippen molar-refractivity contribution in [2.45, 2.75) is 32.8 Å². The summed E-state index contributed by atoms with van der Waals surface area (Å²) in [6.07, 6.45) is 0.375. The number of nitrogens with one attached hydrogen (secondary N) is 1. The van der Waals surface area contributed by atoms with E-state index in [4.69, 9.17) is 19.9 Å². The number of hydrogen-bond acceptors (Lipinski definition) is 5. The van der Waals surface area contributed by atoms with Gasteiger partial charge in [-0.05, 0) is 58.0 Å². The maximum Gasteiger partial charge on any atom is 0.412 e. The summed E-state index contributed by atoms with van der Waals surface area (Å²) in [4.78, 5) is 11.6.